The Kier molecular flexibility index (Phi) is 5.23. The molecule has 0 bridgehead atoms. The van der Waals surface area contributed by atoms with Gasteiger partial charge in [0, 0.05) is 17.5 Å². The number of carbonyl (C=O) groups is 1. The van der Waals surface area contributed by atoms with E-state index < -0.39 is 12.4 Å². The largest absolute Gasteiger partial charge is 0.573 e. The van der Waals surface area contributed by atoms with Crippen molar-refractivity contribution in [2.45, 2.75) is 31.7 Å². The maximum Gasteiger partial charge on any atom is 0.573 e. The van der Waals surface area contributed by atoms with Crippen LogP contribution in [0.5, 0.6) is 5.75 Å². The fraction of sp³-hybridized carbons (Fsp3) is 0.273. The predicted molar refractivity (Wildman–Crippen MR) is 115 cm³/mol. The molecule has 5 rings (SSSR count). The van der Waals surface area contributed by atoms with E-state index in [1.54, 1.807) is 0 Å². The molecule has 0 spiro atoms. The highest BCUT2D eigenvalue weighted by atomic mass is 19.4. The van der Waals surface area contributed by atoms with E-state index in [2.05, 4.69) is 30.4 Å². The predicted octanol–water partition coefficient (Wildman–Crippen LogP) is 3.92. The van der Waals surface area contributed by atoms with Crippen LogP contribution < -0.4 is 15.4 Å². The van der Waals surface area contributed by atoms with Crippen LogP contribution in [0.1, 0.15) is 19.3 Å². The summed E-state index contributed by atoms with van der Waals surface area (Å²) in [6.07, 6.45) is -2.31. The zero-order chi connectivity index (χ0) is 23.0. The van der Waals surface area contributed by atoms with Gasteiger partial charge in [0.1, 0.15) is 11.8 Å². The summed E-state index contributed by atoms with van der Waals surface area (Å²) in [7, 11) is 0. The van der Waals surface area contributed by atoms with E-state index in [4.69, 9.17) is 0 Å². The number of aromatic nitrogens is 4. The van der Waals surface area contributed by atoms with Crippen molar-refractivity contribution in [3.05, 3.63) is 48.5 Å². The Morgan fingerprint density at radius 2 is 1.85 bits per heavy atom. The van der Waals surface area contributed by atoms with Gasteiger partial charge in [0.2, 0.25) is 11.9 Å². The molecule has 0 saturated carbocycles. The second kappa shape index (κ2) is 8.23. The Balaban J connectivity index is 1.56. The first kappa shape index (κ1) is 21.0. The van der Waals surface area contributed by atoms with Crippen LogP contribution in [0.25, 0.3) is 27.9 Å². The molecule has 1 saturated heterocycles. The lowest BCUT2D eigenvalue weighted by Crippen LogP contribution is -2.38. The first-order valence-corrected chi connectivity index (χ1v) is 10.4. The molecule has 0 unspecified atom stereocenters. The van der Waals surface area contributed by atoms with Crippen molar-refractivity contribution >= 4 is 28.4 Å². The van der Waals surface area contributed by atoms with Gasteiger partial charge in [0.15, 0.2) is 11.5 Å². The fourth-order valence-electron chi connectivity index (χ4n) is 3.81. The number of hydrogen-bond donors (Lipinski definition) is 2. The fourth-order valence-corrected chi connectivity index (χ4v) is 3.81. The molecule has 8 nitrogen and oxygen atoms in total. The lowest BCUT2D eigenvalue weighted by molar-refractivity contribution is -0.274. The minimum Gasteiger partial charge on any atom is -0.406 e. The molecule has 0 radical (unpaired) electrons. The topological polar surface area (TPSA) is 93.4 Å². The molecule has 1 aliphatic rings. The second-order valence-electron chi connectivity index (χ2n) is 7.68. The number of fused-ring (bicyclic) bond motifs is 3. The van der Waals surface area contributed by atoms with Crippen LogP contribution in [0.2, 0.25) is 0 Å². The first-order valence-electron chi connectivity index (χ1n) is 10.4. The van der Waals surface area contributed by atoms with Crippen LogP contribution in [-0.4, -0.2) is 44.4 Å². The van der Waals surface area contributed by atoms with Crippen molar-refractivity contribution in [1.29, 1.82) is 0 Å². The number of amides is 1. The molecule has 3 heterocycles. The third-order valence-corrected chi connectivity index (χ3v) is 5.36. The van der Waals surface area contributed by atoms with Gasteiger partial charge in [-0.2, -0.15) is 4.52 Å². The van der Waals surface area contributed by atoms with Gasteiger partial charge in [-0.05, 0) is 55.7 Å². The van der Waals surface area contributed by atoms with E-state index in [1.807, 2.05) is 24.3 Å². The lowest BCUT2D eigenvalue weighted by Gasteiger charge is -2.16. The summed E-state index contributed by atoms with van der Waals surface area (Å²) in [5.74, 6) is 0.238. The SMILES string of the molecule is O=C1NCCCC[C@@H]1Nc1nc2ccccc2c2nc(-c3ccc(OC(F)(F)F)cc3)nn12. The number of carbonyl (C=O) groups excluding carboxylic acids is 1. The number of alkyl halides is 3. The number of hydrogen-bond acceptors (Lipinski definition) is 6. The monoisotopic (exact) mass is 456 g/mol. The van der Waals surface area contributed by atoms with Crippen molar-refractivity contribution < 1.29 is 22.7 Å². The molecular weight excluding hydrogens is 437 g/mol. The van der Waals surface area contributed by atoms with Gasteiger partial charge in [-0.25, -0.2) is 9.97 Å². The molecule has 33 heavy (non-hydrogen) atoms. The molecule has 2 aromatic carbocycles. The summed E-state index contributed by atoms with van der Waals surface area (Å²) in [6, 6.07) is 12.3. The van der Waals surface area contributed by atoms with E-state index in [-0.39, 0.29) is 11.7 Å². The molecule has 4 aromatic rings. The smallest absolute Gasteiger partial charge is 0.406 e. The zero-order valence-corrected chi connectivity index (χ0v) is 17.3. The minimum atomic E-state index is -4.77. The second-order valence-corrected chi connectivity index (χ2v) is 7.68. The summed E-state index contributed by atoms with van der Waals surface area (Å²) in [5, 5.41) is 11.4. The van der Waals surface area contributed by atoms with Gasteiger partial charge in [0.25, 0.3) is 0 Å². The number of halogens is 3. The minimum absolute atomic E-state index is 0.101. The number of nitrogens with one attached hydrogen (secondary N) is 2. The Hall–Kier alpha value is -3.89. The van der Waals surface area contributed by atoms with Crippen LogP contribution in [-0.2, 0) is 4.79 Å². The van der Waals surface area contributed by atoms with E-state index in [1.165, 1.54) is 28.8 Å². The lowest BCUT2D eigenvalue weighted by atomic mass is 10.1. The van der Waals surface area contributed by atoms with Crippen LogP contribution >= 0.6 is 0 Å². The molecule has 11 heteroatoms. The van der Waals surface area contributed by atoms with Crippen molar-refractivity contribution in [3.8, 4) is 17.1 Å². The van der Waals surface area contributed by atoms with Gasteiger partial charge >= 0.3 is 6.36 Å². The molecular formula is C22H19F3N6O2. The van der Waals surface area contributed by atoms with Gasteiger partial charge in [-0.15, -0.1) is 18.3 Å². The summed E-state index contributed by atoms with van der Waals surface area (Å²) >= 11 is 0. The van der Waals surface area contributed by atoms with Crippen molar-refractivity contribution in [2.24, 2.45) is 0 Å². The molecule has 1 aliphatic heterocycles. The van der Waals surface area contributed by atoms with Crippen molar-refractivity contribution in [2.75, 3.05) is 11.9 Å². The third-order valence-electron chi connectivity index (χ3n) is 5.36. The van der Waals surface area contributed by atoms with E-state index in [9.17, 15) is 18.0 Å². The molecule has 0 aliphatic carbocycles. The summed E-state index contributed by atoms with van der Waals surface area (Å²) in [5.41, 5.74) is 1.70. The van der Waals surface area contributed by atoms with Crippen LogP contribution in [0.15, 0.2) is 48.5 Å². The summed E-state index contributed by atoms with van der Waals surface area (Å²) in [6.45, 7) is 0.638. The zero-order valence-electron chi connectivity index (χ0n) is 17.3. The Morgan fingerprint density at radius 1 is 1.06 bits per heavy atom. The Labute approximate surface area is 185 Å². The van der Waals surface area contributed by atoms with Gasteiger partial charge in [-0.3, -0.25) is 4.79 Å². The quantitative estimate of drug-likeness (QED) is 0.484. The van der Waals surface area contributed by atoms with Crippen molar-refractivity contribution in [3.63, 3.8) is 0 Å². The van der Waals surface area contributed by atoms with Gasteiger partial charge < -0.3 is 15.4 Å². The number of para-hydroxylation sites is 1. The number of rotatable bonds is 4. The van der Waals surface area contributed by atoms with E-state index >= 15 is 0 Å². The maximum absolute atomic E-state index is 12.5. The summed E-state index contributed by atoms with van der Waals surface area (Å²) in [4.78, 5) is 21.7. The standard InChI is InChI=1S/C22H19F3N6O2/c23-22(24,25)33-14-10-8-13(9-11-14)18-29-19-15-5-1-2-6-16(15)27-21(31(19)30-18)28-17-7-3-4-12-26-20(17)32/h1-2,5-6,8-11,17H,3-4,7,12H2,(H,26,32)(H,27,28)/t17-/m0/s1. The van der Waals surface area contributed by atoms with Crippen LogP contribution in [0.3, 0.4) is 0 Å². The first-order chi connectivity index (χ1) is 15.9. The molecule has 1 fully saturated rings. The van der Waals surface area contributed by atoms with Crippen molar-refractivity contribution in [1.82, 2.24) is 24.9 Å². The van der Waals surface area contributed by atoms with E-state index in [0.717, 1.165) is 18.2 Å². The highest BCUT2D eigenvalue weighted by molar-refractivity contribution is 5.93. The number of benzene rings is 2. The average Bonchev–Trinajstić information content (AvgIpc) is 3.13. The van der Waals surface area contributed by atoms with Crippen LogP contribution in [0, 0.1) is 0 Å². The summed E-state index contributed by atoms with van der Waals surface area (Å²) < 4.78 is 42.8. The number of ether oxygens (including phenoxy) is 1. The molecule has 1 atom stereocenters. The third kappa shape index (κ3) is 4.38. The average molecular weight is 456 g/mol. The highest BCUT2D eigenvalue weighted by Crippen LogP contribution is 2.28. The number of nitrogens with zero attached hydrogens (tertiary/aromatic N) is 4. The Morgan fingerprint density at radius 3 is 2.64 bits per heavy atom. The van der Waals surface area contributed by atoms with Crippen LogP contribution in [0.4, 0.5) is 19.1 Å². The highest BCUT2D eigenvalue weighted by Gasteiger charge is 2.31. The van der Waals surface area contributed by atoms with E-state index in [0.29, 0.717) is 41.5 Å². The molecule has 2 aromatic heterocycles. The molecule has 170 valence electrons. The molecule has 2 N–H and O–H groups in total. The Bertz CT molecular complexity index is 1320. The number of anilines is 1. The van der Waals surface area contributed by atoms with Gasteiger partial charge in [-0.1, -0.05) is 12.1 Å². The van der Waals surface area contributed by atoms with Gasteiger partial charge in [0.05, 0.1) is 5.52 Å². The maximum atomic E-state index is 12.5. The normalized spacial score (nSPS) is 17.1. The molecule has 1 amide bonds.